The molecule has 1 aromatic rings. The molecule has 2 aliphatic rings. The maximum Gasteiger partial charge on any atom is 0.244 e. The molecule has 0 saturated carbocycles. The fraction of sp³-hybridized carbons (Fsp3) is 0.467. The van der Waals surface area contributed by atoms with Gasteiger partial charge in [-0.15, -0.1) is 0 Å². The maximum absolute atomic E-state index is 11.7. The first-order valence-electron chi connectivity index (χ1n) is 7.47. The van der Waals surface area contributed by atoms with E-state index in [1.54, 1.807) is 24.3 Å². The van der Waals surface area contributed by atoms with Gasteiger partial charge in [0, 0.05) is 38.1 Å². The Labute approximate surface area is 135 Å². The zero-order chi connectivity index (χ0) is 16.6. The van der Waals surface area contributed by atoms with Crippen LogP contribution in [0.2, 0.25) is 0 Å². The van der Waals surface area contributed by atoms with Gasteiger partial charge >= 0.3 is 0 Å². The van der Waals surface area contributed by atoms with Crippen molar-refractivity contribution in [3.8, 4) is 0 Å². The molecule has 1 atom stereocenters. The summed E-state index contributed by atoms with van der Waals surface area (Å²) in [6.07, 6.45) is 1.43. The molecule has 0 unspecified atom stereocenters. The summed E-state index contributed by atoms with van der Waals surface area (Å²) in [7, 11) is -3.18. The molecule has 3 rings (SSSR count). The van der Waals surface area contributed by atoms with Gasteiger partial charge in [0.2, 0.25) is 11.8 Å². The molecule has 1 aromatic carbocycles. The number of anilines is 1. The zero-order valence-electron chi connectivity index (χ0n) is 12.9. The maximum atomic E-state index is 11.7. The lowest BCUT2D eigenvalue weighted by Gasteiger charge is -2.38. The molecule has 124 valence electrons. The van der Waals surface area contributed by atoms with Gasteiger partial charge in [-0.2, -0.15) is 0 Å². The van der Waals surface area contributed by atoms with Crippen LogP contribution >= 0.6 is 0 Å². The summed E-state index contributed by atoms with van der Waals surface area (Å²) in [4.78, 5) is 27.5. The van der Waals surface area contributed by atoms with Gasteiger partial charge in [-0.1, -0.05) is 0 Å². The van der Waals surface area contributed by atoms with Crippen molar-refractivity contribution in [2.45, 2.75) is 17.4 Å². The standard InChI is InChI=1S/C15H19N3O4S/c1-23(21,22)12-4-2-11(3-5-12)17-6-8-18(9-7-17)13-10-14(19)16-15(13)20/h2-5,13H,6-10H2,1H3,(H,16,19,20)/t13-/m0/s1. The number of hydrogen-bond acceptors (Lipinski definition) is 6. The highest BCUT2D eigenvalue weighted by molar-refractivity contribution is 7.90. The highest BCUT2D eigenvalue weighted by atomic mass is 32.2. The second-order valence-corrected chi connectivity index (χ2v) is 7.94. The Morgan fingerprint density at radius 1 is 1.04 bits per heavy atom. The molecular weight excluding hydrogens is 318 g/mol. The predicted octanol–water partition coefficient (Wildman–Crippen LogP) is -0.373. The molecule has 2 fully saturated rings. The van der Waals surface area contributed by atoms with E-state index in [9.17, 15) is 18.0 Å². The van der Waals surface area contributed by atoms with Crippen LogP contribution in [0.25, 0.3) is 0 Å². The van der Waals surface area contributed by atoms with E-state index >= 15 is 0 Å². The summed E-state index contributed by atoms with van der Waals surface area (Å²) in [5, 5.41) is 2.34. The van der Waals surface area contributed by atoms with E-state index in [0.717, 1.165) is 18.8 Å². The topological polar surface area (TPSA) is 86.8 Å². The molecule has 7 nitrogen and oxygen atoms in total. The first kappa shape index (κ1) is 15.9. The van der Waals surface area contributed by atoms with Crippen molar-refractivity contribution in [1.29, 1.82) is 0 Å². The van der Waals surface area contributed by atoms with Crippen LogP contribution in [0.4, 0.5) is 5.69 Å². The monoisotopic (exact) mass is 337 g/mol. The van der Waals surface area contributed by atoms with Crippen molar-refractivity contribution in [2.24, 2.45) is 0 Å². The van der Waals surface area contributed by atoms with E-state index in [4.69, 9.17) is 0 Å². The number of imide groups is 1. The number of sulfone groups is 1. The van der Waals surface area contributed by atoms with Crippen LogP contribution in [-0.2, 0) is 19.4 Å². The zero-order valence-corrected chi connectivity index (χ0v) is 13.7. The van der Waals surface area contributed by atoms with Crippen molar-refractivity contribution in [1.82, 2.24) is 10.2 Å². The van der Waals surface area contributed by atoms with Crippen LogP contribution in [0.1, 0.15) is 6.42 Å². The molecule has 2 saturated heterocycles. The number of carbonyl (C=O) groups excluding carboxylic acids is 2. The summed E-state index contributed by atoms with van der Waals surface area (Å²) in [5.41, 5.74) is 0.962. The third-order valence-corrected chi connectivity index (χ3v) is 5.46. The summed E-state index contributed by atoms with van der Waals surface area (Å²) >= 11 is 0. The number of hydrogen-bond donors (Lipinski definition) is 1. The molecule has 0 aliphatic carbocycles. The van der Waals surface area contributed by atoms with Crippen LogP contribution in [-0.4, -0.2) is 63.6 Å². The number of amides is 2. The van der Waals surface area contributed by atoms with Crippen LogP contribution < -0.4 is 10.2 Å². The normalized spacial score (nSPS) is 23.2. The van der Waals surface area contributed by atoms with Crippen molar-refractivity contribution in [3.05, 3.63) is 24.3 Å². The second-order valence-electron chi connectivity index (χ2n) is 5.92. The van der Waals surface area contributed by atoms with Crippen molar-refractivity contribution < 1.29 is 18.0 Å². The first-order valence-corrected chi connectivity index (χ1v) is 9.36. The SMILES string of the molecule is CS(=O)(=O)c1ccc(N2CCN([C@H]3CC(=O)NC3=O)CC2)cc1. The molecular formula is C15H19N3O4S. The minimum Gasteiger partial charge on any atom is -0.369 e. The van der Waals surface area contributed by atoms with Crippen molar-refractivity contribution in [3.63, 3.8) is 0 Å². The van der Waals surface area contributed by atoms with E-state index < -0.39 is 9.84 Å². The Kier molecular flexibility index (Phi) is 4.11. The molecule has 1 N–H and O–H groups in total. The van der Waals surface area contributed by atoms with E-state index in [-0.39, 0.29) is 24.3 Å². The van der Waals surface area contributed by atoms with Crippen LogP contribution in [0.5, 0.6) is 0 Å². The van der Waals surface area contributed by atoms with Crippen LogP contribution in [0, 0.1) is 0 Å². The summed E-state index contributed by atoms with van der Waals surface area (Å²) < 4.78 is 23.0. The molecule has 0 bridgehead atoms. The number of rotatable bonds is 3. The van der Waals surface area contributed by atoms with Gasteiger partial charge in [-0.25, -0.2) is 8.42 Å². The van der Waals surface area contributed by atoms with Crippen molar-refractivity contribution in [2.75, 3.05) is 37.3 Å². The van der Waals surface area contributed by atoms with Gasteiger partial charge in [0.25, 0.3) is 0 Å². The van der Waals surface area contributed by atoms with Gasteiger partial charge in [-0.05, 0) is 24.3 Å². The lowest BCUT2D eigenvalue weighted by Crippen LogP contribution is -2.52. The Morgan fingerprint density at radius 3 is 2.13 bits per heavy atom. The minimum atomic E-state index is -3.18. The number of carbonyl (C=O) groups is 2. The molecule has 8 heteroatoms. The smallest absolute Gasteiger partial charge is 0.244 e. The molecule has 0 spiro atoms. The number of piperazine rings is 1. The largest absolute Gasteiger partial charge is 0.369 e. The molecule has 2 aliphatic heterocycles. The molecule has 23 heavy (non-hydrogen) atoms. The Balaban J connectivity index is 1.63. The van der Waals surface area contributed by atoms with E-state index in [1.807, 2.05) is 4.90 Å². The molecule has 0 aromatic heterocycles. The molecule has 2 heterocycles. The van der Waals surface area contributed by atoms with E-state index in [0.29, 0.717) is 18.0 Å². The van der Waals surface area contributed by atoms with Gasteiger partial charge in [0.05, 0.1) is 17.4 Å². The average molecular weight is 337 g/mol. The number of nitrogens with zero attached hydrogens (tertiary/aromatic N) is 2. The summed E-state index contributed by atoms with van der Waals surface area (Å²) in [6, 6.07) is 6.48. The van der Waals surface area contributed by atoms with E-state index in [1.165, 1.54) is 6.26 Å². The van der Waals surface area contributed by atoms with Crippen LogP contribution in [0.3, 0.4) is 0 Å². The third kappa shape index (κ3) is 3.37. The average Bonchev–Trinajstić information content (AvgIpc) is 2.85. The highest BCUT2D eigenvalue weighted by Crippen LogP contribution is 2.21. The van der Waals surface area contributed by atoms with Gasteiger partial charge in [0.15, 0.2) is 9.84 Å². The third-order valence-electron chi connectivity index (χ3n) is 4.33. The van der Waals surface area contributed by atoms with Gasteiger partial charge in [0.1, 0.15) is 0 Å². The van der Waals surface area contributed by atoms with E-state index in [2.05, 4.69) is 10.2 Å². The van der Waals surface area contributed by atoms with Crippen LogP contribution in [0.15, 0.2) is 29.2 Å². The summed E-state index contributed by atoms with van der Waals surface area (Å²) in [6.45, 7) is 2.85. The minimum absolute atomic E-state index is 0.207. The molecule has 2 amide bonds. The highest BCUT2D eigenvalue weighted by Gasteiger charge is 2.36. The lowest BCUT2D eigenvalue weighted by molar-refractivity contribution is -0.126. The van der Waals surface area contributed by atoms with Crippen molar-refractivity contribution >= 4 is 27.3 Å². The Bertz CT molecular complexity index is 722. The Morgan fingerprint density at radius 2 is 1.65 bits per heavy atom. The Hall–Kier alpha value is -1.93. The molecule has 0 radical (unpaired) electrons. The first-order chi connectivity index (χ1) is 10.8. The quantitative estimate of drug-likeness (QED) is 0.757. The summed E-state index contributed by atoms with van der Waals surface area (Å²) in [5.74, 6) is -0.417. The lowest BCUT2D eigenvalue weighted by atomic mass is 10.1. The second kappa shape index (κ2) is 5.93. The number of nitrogens with one attached hydrogen (secondary N) is 1. The number of benzene rings is 1. The fourth-order valence-electron chi connectivity index (χ4n) is 3.03. The van der Waals surface area contributed by atoms with Gasteiger partial charge in [-0.3, -0.25) is 19.8 Å². The van der Waals surface area contributed by atoms with Gasteiger partial charge < -0.3 is 4.90 Å². The fourth-order valence-corrected chi connectivity index (χ4v) is 3.66. The predicted molar refractivity (Wildman–Crippen MR) is 84.9 cm³/mol.